The summed E-state index contributed by atoms with van der Waals surface area (Å²) in [6, 6.07) is 16.4. The first-order valence-electron chi connectivity index (χ1n) is 8.17. The first-order valence-corrected chi connectivity index (χ1v) is 10.1. The number of rotatable bonds is 9. The SMILES string of the molecule is O=C(O)c1ccc(OCCOc2ccccc2N(c2cccs2)S(=O)[O-])cc1. The van der Waals surface area contributed by atoms with Crippen LogP contribution in [0.3, 0.4) is 0 Å². The summed E-state index contributed by atoms with van der Waals surface area (Å²) in [6.07, 6.45) is 0. The van der Waals surface area contributed by atoms with Crippen molar-refractivity contribution in [1.29, 1.82) is 0 Å². The van der Waals surface area contributed by atoms with E-state index in [2.05, 4.69) is 0 Å². The maximum Gasteiger partial charge on any atom is 0.335 e. The standard InChI is InChI=1S/C19H17NO6S2/c21-19(22)14-7-9-15(10-8-14)25-11-12-26-17-5-2-1-4-16(17)20(28(23)24)18-6-3-13-27-18/h1-10,13H,11-12H2,(H,21,22)(H,23,24)/p-1. The average molecular weight is 418 g/mol. The smallest absolute Gasteiger partial charge is 0.335 e. The van der Waals surface area contributed by atoms with Crippen LogP contribution in [0.4, 0.5) is 10.7 Å². The predicted molar refractivity (Wildman–Crippen MR) is 106 cm³/mol. The molecule has 0 aliphatic rings. The van der Waals surface area contributed by atoms with Crippen molar-refractivity contribution in [3.05, 3.63) is 71.6 Å². The molecule has 28 heavy (non-hydrogen) atoms. The molecule has 0 radical (unpaired) electrons. The number of benzene rings is 2. The van der Waals surface area contributed by atoms with Crippen LogP contribution in [0.15, 0.2) is 66.0 Å². The quantitative estimate of drug-likeness (QED) is 0.419. The summed E-state index contributed by atoms with van der Waals surface area (Å²) in [5.74, 6) is -0.0785. The number of aromatic carboxylic acids is 1. The fourth-order valence-corrected chi connectivity index (χ4v) is 3.89. The molecule has 0 saturated heterocycles. The minimum atomic E-state index is -2.50. The van der Waals surface area contributed by atoms with E-state index in [1.165, 1.54) is 27.8 Å². The molecule has 146 valence electrons. The molecule has 0 saturated carbocycles. The van der Waals surface area contributed by atoms with Gasteiger partial charge in [-0.1, -0.05) is 12.1 Å². The molecule has 0 spiro atoms. The Labute approximate surface area is 168 Å². The van der Waals surface area contributed by atoms with Gasteiger partial charge in [-0.25, -0.2) is 4.79 Å². The van der Waals surface area contributed by atoms with Gasteiger partial charge in [-0.2, -0.15) is 0 Å². The van der Waals surface area contributed by atoms with Crippen LogP contribution in [0.1, 0.15) is 10.4 Å². The summed E-state index contributed by atoms with van der Waals surface area (Å²) >= 11 is -1.20. The molecule has 1 N–H and O–H groups in total. The van der Waals surface area contributed by atoms with Crippen molar-refractivity contribution in [2.24, 2.45) is 0 Å². The summed E-state index contributed by atoms with van der Waals surface area (Å²) in [4.78, 5) is 10.8. The lowest BCUT2D eigenvalue weighted by Gasteiger charge is -2.26. The van der Waals surface area contributed by atoms with Crippen molar-refractivity contribution in [1.82, 2.24) is 0 Å². The van der Waals surface area contributed by atoms with E-state index < -0.39 is 17.2 Å². The molecule has 0 amide bonds. The van der Waals surface area contributed by atoms with Crippen molar-refractivity contribution in [2.75, 3.05) is 17.5 Å². The molecule has 0 fully saturated rings. The van der Waals surface area contributed by atoms with Gasteiger partial charge >= 0.3 is 5.97 Å². The number of para-hydroxylation sites is 2. The van der Waals surface area contributed by atoms with Crippen LogP contribution in [-0.4, -0.2) is 33.1 Å². The second-order valence-corrected chi connectivity index (χ2v) is 7.18. The predicted octanol–water partition coefficient (Wildman–Crippen LogP) is 3.84. The largest absolute Gasteiger partial charge is 0.755 e. The lowest BCUT2D eigenvalue weighted by molar-refractivity contribution is 0.0697. The summed E-state index contributed by atoms with van der Waals surface area (Å²) in [6.45, 7) is 0.391. The van der Waals surface area contributed by atoms with E-state index in [0.29, 0.717) is 22.2 Å². The molecule has 9 heteroatoms. The fraction of sp³-hybridized carbons (Fsp3) is 0.105. The van der Waals surface area contributed by atoms with E-state index in [-0.39, 0.29) is 18.8 Å². The molecule has 0 bridgehead atoms. The molecular formula is C19H16NO6S2-. The van der Waals surface area contributed by atoms with Crippen LogP contribution >= 0.6 is 11.3 Å². The number of nitrogens with zero attached hydrogens (tertiary/aromatic N) is 1. The van der Waals surface area contributed by atoms with Gasteiger partial charge in [-0.15, -0.1) is 11.3 Å². The van der Waals surface area contributed by atoms with Crippen LogP contribution in [0, 0.1) is 0 Å². The minimum Gasteiger partial charge on any atom is -0.755 e. The Kier molecular flexibility index (Phi) is 6.64. The number of carboxylic acid groups (broad SMARTS) is 1. The second kappa shape index (κ2) is 9.36. The third-order valence-electron chi connectivity index (χ3n) is 3.65. The molecule has 0 aliphatic carbocycles. The lowest BCUT2D eigenvalue weighted by Crippen LogP contribution is -2.20. The Morgan fingerprint density at radius 3 is 2.39 bits per heavy atom. The van der Waals surface area contributed by atoms with Gasteiger partial charge in [0.15, 0.2) is 0 Å². The fourth-order valence-electron chi connectivity index (χ4n) is 2.41. The van der Waals surface area contributed by atoms with Gasteiger partial charge in [0.2, 0.25) is 0 Å². The van der Waals surface area contributed by atoms with Crippen molar-refractivity contribution in [2.45, 2.75) is 0 Å². The highest BCUT2D eigenvalue weighted by Gasteiger charge is 2.16. The highest BCUT2D eigenvalue weighted by atomic mass is 32.2. The molecule has 1 heterocycles. The summed E-state index contributed by atoms with van der Waals surface area (Å²) in [5.41, 5.74) is 0.584. The summed E-state index contributed by atoms with van der Waals surface area (Å²) in [7, 11) is 0. The maximum atomic E-state index is 11.8. The molecule has 1 atom stereocenters. The molecule has 1 aromatic heterocycles. The Morgan fingerprint density at radius 2 is 1.75 bits per heavy atom. The number of anilines is 2. The first-order chi connectivity index (χ1) is 13.6. The van der Waals surface area contributed by atoms with E-state index in [0.717, 1.165) is 0 Å². The van der Waals surface area contributed by atoms with Crippen LogP contribution < -0.4 is 13.8 Å². The molecule has 3 aromatic rings. The number of hydrogen-bond donors (Lipinski definition) is 1. The van der Waals surface area contributed by atoms with Gasteiger partial charge in [-0.3, -0.25) is 8.51 Å². The van der Waals surface area contributed by atoms with Crippen LogP contribution in [-0.2, 0) is 11.3 Å². The maximum absolute atomic E-state index is 11.8. The van der Waals surface area contributed by atoms with E-state index >= 15 is 0 Å². The van der Waals surface area contributed by atoms with Crippen LogP contribution in [0.25, 0.3) is 0 Å². The highest BCUT2D eigenvalue weighted by Crippen LogP contribution is 2.36. The van der Waals surface area contributed by atoms with Gasteiger partial charge < -0.3 is 19.1 Å². The minimum absolute atomic E-state index is 0.178. The number of thiophene rings is 1. The summed E-state index contributed by atoms with van der Waals surface area (Å²) in [5, 5.41) is 11.2. The third kappa shape index (κ3) is 4.89. The number of carbonyl (C=O) groups is 1. The zero-order valence-electron chi connectivity index (χ0n) is 14.5. The number of hydrogen-bond acceptors (Lipinski definition) is 6. The van der Waals surface area contributed by atoms with E-state index in [1.807, 2.05) is 0 Å². The Hall–Kier alpha value is -2.88. The van der Waals surface area contributed by atoms with Gasteiger partial charge in [0.25, 0.3) is 0 Å². The Bertz CT molecular complexity index is 943. The van der Waals surface area contributed by atoms with Crippen molar-refractivity contribution in [3.63, 3.8) is 0 Å². The van der Waals surface area contributed by atoms with Crippen molar-refractivity contribution in [3.8, 4) is 11.5 Å². The van der Waals surface area contributed by atoms with E-state index in [4.69, 9.17) is 14.6 Å². The summed E-state index contributed by atoms with van der Waals surface area (Å²) < 4.78 is 35.9. The second-order valence-electron chi connectivity index (χ2n) is 5.46. The van der Waals surface area contributed by atoms with Gasteiger partial charge in [0.1, 0.15) is 29.7 Å². The zero-order chi connectivity index (χ0) is 19.9. The third-order valence-corrected chi connectivity index (χ3v) is 5.31. The van der Waals surface area contributed by atoms with Gasteiger partial charge in [-0.05, 0) is 53.9 Å². The van der Waals surface area contributed by atoms with Gasteiger partial charge in [0, 0.05) is 0 Å². The van der Waals surface area contributed by atoms with Crippen molar-refractivity contribution < 1.29 is 28.1 Å². The normalized spacial score (nSPS) is 11.6. The number of ether oxygens (including phenoxy) is 2. The molecule has 1 unspecified atom stereocenters. The van der Waals surface area contributed by atoms with E-state index in [1.54, 1.807) is 53.9 Å². The number of carboxylic acids is 1. The monoisotopic (exact) mass is 418 g/mol. The molecule has 3 rings (SSSR count). The molecular weight excluding hydrogens is 402 g/mol. The highest BCUT2D eigenvalue weighted by molar-refractivity contribution is 7.81. The van der Waals surface area contributed by atoms with E-state index in [9.17, 15) is 13.6 Å². The molecule has 2 aromatic carbocycles. The first kappa shape index (κ1) is 19.9. The zero-order valence-corrected chi connectivity index (χ0v) is 16.2. The Morgan fingerprint density at radius 1 is 1.04 bits per heavy atom. The molecule has 0 aliphatic heterocycles. The Balaban J connectivity index is 1.63. The van der Waals surface area contributed by atoms with Crippen LogP contribution in [0.5, 0.6) is 11.5 Å². The molecule has 7 nitrogen and oxygen atoms in total. The lowest BCUT2D eigenvalue weighted by atomic mass is 10.2. The van der Waals surface area contributed by atoms with Crippen LogP contribution in [0.2, 0.25) is 0 Å². The average Bonchev–Trinajstić information content (AvgIpc) is 3.21. The van der Waals surface area contributed by atoms with Gasteiger partial charge in [0.05, 0.1) is 22.5 Å². The van der Waals surface area contributed by atoms with Crippen molar-refractivity contribution >= 4 is 39.3 Å². The topological polar surface area (TPSA) is 99.1 Å².